The van der Waals surface area contributed by atoms with Crippen LogP contribution in [0.15, 0.2) is 4.52 Å². The first-order valence-corrected chi connectivity index (χ1v) is 6.73. The average molecular weight is 227 g/mol. The van der Waals surface area contributed by atoms with E-state index in [0.29, 0.717) is 0 Å². The maximum Gasteiger partial charge on any atom is 0.234 e. The van der Waals surface area contributed by atoms with Gasteiger partial charge < -0.3 is 9.84 Å². The molecule has 0 saturated carbocycles. The van der Waals surface area contributed by atoms with Gasteiger partial charge in [-0.2, -0.15) is 16.7 Å². The van der Waals surface area contributed by atoms with Gasteiger partial charge in [-0.3, -0.25) is 0 Å². The summed E-state index contributed by atoms with van der Waals surface area (Å²) >= 11 is 1.72. The summed E-state index contributed by atoms with van der Waals surface area (Å²) in [5, 5.41) is 7.38. The monoisotopic (exact) mass is 227 g/mol. The van der Waals surface area contributed by atoms with Crippen LogP contribution in [0.25, 0.3) is 0 Å². The molecule has 1 fully saturated rings. The molecule has 0 aromatic carbocycles. The summed E-state index contributed by atoms with van der Waals surface area (Å²) in [7, 11) is 0. The summed E-state index contributed by atoms with van der Waals surface area (Å²) in [6.45, 7) is 4.20. The molecule has 1 saturated heterocycles. The number of nitrogens with zero attached hydrogens (tertiary/aromatic N) is 2. The van der Waals surface area contributed by atoms with E-state index in [0.717, 1.165) is 43.4 Å². The Kier molecular flexibility index (Phi) is 3.31. The summed E-state index contributed by atoms with van der Waals surface area (Å²) in [5.74, 6) is 2.47. The van der Waals surface area contributed by atoms with E-state index in [2.05, 4.69) is 22.4 Å². The molecule has 4 nitrogen and oxygen atoms in total. The van der Waals surface area contributed by atoms with Crippen molar-refractivity contribution in [3.63, 3.8) is 0 Å². The molecule has 15 heavy (non-hydrogen) atoms. The van der Waals surface area contributed by atoms with Crippen LogP contribution in [0.3, 0.4) is 0 Å². The molecule has 0 aliphatic carbocycles. The van der Waals surface area contributed by atoms with E-state index in [-0.39, 0.29) is 5.41 Å². The van der Waals surface area contributed by atoms with Crippen LogP contribution in [-0.4, -0.2) is 29.5 Å². The molecule has 1 unspecified atom stereocenters. The van der Waals surface area contributed by atoms with Crippen molar-refractivity contribution in [2.24, 2.45) is 0 Å². The lowest BCUT2D eigenvalue weighted by molar-refractivity contribution is 0.284. The minimum Gasteiger partial charge on any atom is -0.339 e. The van der Waals surface area contributed by atoms with E-state index in [9.17, 15) is 0 Å². The molecule has 1 aromatic heterocycles. The average Bonchev–Trinajstić information content (AvgIpc) is 2.86. The molecule has 2 heterocycles. The third-order valence-corrected chi connectivity index (χ3v) is 3.66. The van der Waals surface area contributed by atoms with Gasteiger partial charge in [-0.1, -0.05) is 12.1 Å². The number of hydrogen-bond acceptors (Lipinski definition) is 5. The van der Waals surface area contributed by atoms with Crippen molar-refractivity contribution >= 4 is 11.8 Å². The van der Waals surface area contributed by atoms with Crippen LogP contribution in [0.4, 0.5) is 0 Å². The fourth-order valence-corrected chi connectivity index (χ4v) is 2.41. The van der Waals surface area contributed by atoms with Crippen molar-refractivity contribution in [3.8, 4) is 0 Å². The third kappa shape index (κ3) is 2.03. The maximum absolute atomic E-state index is 5.38. The molecular formula is C10H17N3OS. The molecule has 1 aromatic rings. The fourth-order valence-electron chi connectivity index (χ4n) is 2.04. The Morgan fingerprint density at radius 3 is 3.07 bits per heavy atom. The maximum atomic E-state index is 5.38. The summed E-state index contributed by atoms with van der Waals surface area (Å²) < 4.78 is 5.38. The van der Waals surface area contributed by atoms with Gasteiger partial charge in [0.2, 0.25) is 5.89 Å². The third-order valence-electron chi connectivity index (χ3n) is 3.12. The van der Waals surface area contributed by atoms with Gasteiger partial charge in [0.25, 0.3) is 0 Å². The first-order valence-electron chi connectivity index (χ1n) is 5.33. The molecule has 1 aliphatic rings. The van der Waals surface area contributed by atoms with Gasteiger partial charge >= 0.3 is 0 Å². The normalized spacial score (nSPS) is 26.0. The van der Waals surface area contributed by atoms with E-state index in [4.69, 9.17) is 4.52 Å². The molecule has 0 radical (unpaired) electrons. The van der Waals surface area contributed by atoms with Crippen LogP contribution in [0.2, 0.25) is 0 Å². The largest absolute Gasteiger partial charge is 0.339 e. The zero-order chi connectivity index (χ0) is 10.7. The first kappa shape index (κ1) is 11.0. The Labute approximate surface area is 94.2 Å². The zero-order valence-corrected chi connectivity index (χ0v) is 10.1. The second-order valence-corrected chi connectivity index (χ2v) is 4.88. The van der Waals surface area contributed by atoms with E-state index in [1.165, 1.54) is 0 Å². The smallest absolute Gasteiger partial charge is 0.234 e. The topological polar surface area (TPSA) is 51.0 Å². The molecule has 5 heteroatoms. The summed E-state index contributed by atoms with van der Waals surface area (Å²) in [5.41, 5.74) is 0.0870. The van der Waals surface area contributed by atoms with Crippen molar-refractivity contribution in [2.45, 2.75) is 30.9 Å². The minimum absolute atomic E-state index is 0.0870. The Hall–Kier alpha value is -0.550. The molecule has 0 spiro atoms. The summed E-state index contributed by atoms with van der Waals surface area (Å²) in [6, 6.07) is 0. The van der Waals surface area contributed by atoms with Gasteiger partial charge in [-0.15, -0.1) is 0 Å². The van der Waals surface area contributed by atoms with E-state index < -0.39 is 0 Å². The van der Waals surface area contributed by atoms with Crippen LogP contribution in [0.5, 0.6) is 0 Å². The van der Waals surface area contributed by atoms with Crippen molar-refractivity contribution in [2.75, 3.05) is 19.3 Å². The minimum atomic E-state index is 0.0870. The standard InChI is InChI=1S/C10H17N3OS/c1-3-10(4-5-11-7-10)9-12-8(6-15-2)13-14-9/h11H,3-7H2,1-2H3. The van der Waals surface area contributed by atoms with Gasteiger partial charge in [0.05, 0.1) is 11.2 Å². The van der Waals surface area contributed by atoms with E-state index >= 15 is 0 Å². The predicted molar refractivity (Wildman–Crippen MR) is 61.0 cm³/mol. The fraction of sp³-hybridized carbons (Fsp3) is 0.800. The molecule has 1 N–H and O–H groups in total. The predicted octanol–water partition coefficient (Wildman–Crippen LogP) is 1.57. The van der Waals surface area contributed by atoms with Crippen LogP contribution >= 0.6 is 11.8 Å². The van der Waals surface area contributed by atoms with Crippen LogP contribution < -0.4 is 5.32 Å². The number of thioether (sulfide) groups is 1. The highest BCUT2D eigenvalue weighted by Crippen LogP contribution is 2.32. The molecule has 1 aliphatic heterocycles. The van der Waals surface area contributed by atoms with Crippen molar-refractivity contribution in [1.82, 2.24) is 15.5 Å². The lowest BCUT2D eigenvalue weighted by Crippen LogP contribution is -2.28. The van der Waals surface area contributed by atoms with Gasteiger partial charge in [0.15, 0.2) is 5.82 Å². The molecule has 2 rings (SSSR count). The van der Waals surface area contributed by atoms with Crippen LogP contribution in [0.1, 0.15) is 31.5 Å². The van der Waals surface area contributed by atoms with Crippen LogP contribution in [0, 0.1) is 0 Å². The number of rotatable bonds is 4. The second-order valence-electron chi connectivity index (χ2n) is 4.01. The van der Waals surface area contributed by atoms with Crippen LogP contribution in [-0.2, 0) is 11.2 Å². The number of hydrogen-bond donors (Lipinski definition) is 1. The highest BCUT2D eigenvalue weighted by atomic mass is 32.2. The van der Waals surface area contributed by atoms with Crippen molar-refractivity contribution in [3.05, 3.63) is 11.7 Å². The lowest BCUT2D eigenvalue weighted by Gasteiger charge is -2.20. The van der Waals surface area contributed by atoms with Crippen molar-refractivity contribution < 1.29 is 4.52 Å². The molecule has 0 amide bonds. The zero-order valence-electron chi connectivity index (χ0n) is 9.25. The first-order chi connectivity index (χ1) is 7.30. The van der Waals surface area contributed by atoms with Gasteiger partial charge in [-0.25, -0.2) is 0 Å². The molecule has 1 atom stereocenters. The summed E-state index contributed by atoms with van der Waals surface area (Å²) in [6.07, 6.45) is 4.20. The van der Waals surface area contributed by atoms with E-state index in [1.54, 1.807) is 11.8 Å². The summed E-state index contributed by atoms with van der Waals surface area (Å²) in [4.78, 5) is 4.49. The second kappa shape index (κ2) is 4.53. The van der Waals surface area contributed by atoms with E-state index in [1.807, 2.05) is 6.26 Å². The van der Waals surface area contributed by atoms with Gasteiger partial charge in [-0.05, 0) is 25.6 Å². The SMILES string of the molecule is CCC1(c2nc(CSC)no2)CCNC1. The molecule has 0 bridgehead atoms. The lowest BCUT2D eigenvalue weighted by atomic mass is 9.84. The number of nitrogens with one attached hydrogen (secondary N) is 1. The highest BCUT2D eigenvalue weighted by Gasteiger charge is 2.39. The molecular weight excluding hydrogens is 210 g/mol. The van der Waals surface area contributed by atoms with Gasteiger partial charge in [0, 0.05) is 6.54 Å². The Bertz CT molecular complexity index is 320. The highest BCUT2D eigenvalue weighted by molar-refractivity contribution is 7.97. The van der Waals surface area contributed by atoms with Gasteiger partial charge in [0.1, 0.15) is 0 Å². The Morgan fingerprint density at radius 2 is 2.47 bits per heavy atom. The number of aromatic nitrogens is 2. The molecule has 84 valence electrons. The Balaban J connectivity index is 2.19. The Morgan fingerprint density at radius 1 is 1.60 bits per heavy atom. The van der Waals surface area contributed by atoms with Crippen molar-refractivity contribution in [1.29, 1.82) is 0 Å². The quantitative estimate of drug-likeness (QED) is 0.846.